The number of nitrogens with one attached hydrogen (secondary N) is 1. The zero-order chi connectivity index (χ0) is 24.3. The zero-order valence-electron chi connectivity index (χ0n) is 20.0. The van der Waals surface area contributed by atoms with Crippen molar-refractivity contribution in [2.45, 2.75) is 57.5 Å². The maximum Gasteiger partial charge on any atom is 0.247 e. The largest absolute Gasteiger partial charge is 0.420 e. The van der Waals surface area contributed by atoms with Crippen LogP contribution in [0, 0.1) is 0 Å². The van der Waals surface area contributed by atoms with Crippen LogP contribution < -0.4 is 5.32 Å². The highest BCUT2D eigenvalue weighted by Crippen LogP contribution is 2.29. The molecule has 2 heterocycles. The molecule has 4 aromatic rings. The maximum atomic E-state index is 11.2. The monoisotopic (exact) mass is 476 g/mol. The van der Waals surface area contributed by atoms with E-state index in [0.29, 0.717) is 24.1 Å². The van der Waals surface area contributed by atoms with Crippen LogP contribution in [0.1, 0.15) is 46.1 Å². The summed E-state index contributed by atoms with van der Waals surface area (Å²) in [7, 11) is 0. The van der Waals surface area contributed by atoms with Gasteiger partial charge >= 0.3 is 0 Å². The minimum Gasteiger partial charge on any atom is -0.420 e. The van der Waals surface area contributed by atoms with E-state index in [0.717, 1.165) is 27.8 Å². The second kappa shape index (κ2) is 9.80. The molecule has 0 saturated carbocycles. The Balaban J connectivity index is 1.45. The number of thioether (sulfide) groups is 1. The Morgan fingerprint density at radius 3 is 2.26 bits per heavy atom. The Bertz CT molecular complexity index is 1270. The van der Waals surface area contributed by atoms with E-state index in [1.54, 1.807) is 0 Å². The molecule has 2 aromatic carbocycles. The third kappa shape index (κ3) is 5.36. The molecule has 0 aliphatic rings. The first-order valence-electron chi connectivity index (χ1n) is 11.1. The van der Waals surface area contributed by atoms with Gasteiger partial charge in [-0.05, 0) is 54.3 Å². The van der Waals surface area contributed by atoms with Crippen molar-refractivity contribution in [2.75, 3.05) is 5.32 Å². The molecule has 0 saturated heterocycles. The SMILES string of the molecule is CCn1c(SCc2nnc(-c3ccc(C(C)(C)C)cc3)o2)nnc1-c1ccc(NC(C)=O)cc1. The van der Waals surface area contributed by atoms with E-state index in [1.807, 2.05) is 41.0 Å². The predicted octanol–water partition coefficient (Wildman–Crippen LogP) is 5.56. The van der Waals surface area contributed by atoms with Crippen LogP contribution in [0.15, 0.2) is 58.1 Å². The highest BCUT2D eigenvalue weighted by molar-refractivity contribution is 7.98. The quantitative estimate of drug-likeness (QED) is 0.348. The molecule has 1 N–H and O–H groups in total. The standard InChI is InChI=1S/C25H28N6O2S/c1-6-31-22(17-9-13-20(14-10-17)26-16(2)32)28-30-24(31)34-15-21-27-29-23(33-21)18-7-11-19(12-8-18)25(3,4)5/h7-14H,6,15H2,1-5H3,(H,26,32). The molecule has 0 aliphatic heterocycles. The molecule has 0 fully saturated rings. The van der Waals surface area contributed by atoms with Gasteiger partial charge in [-0.25, -0.2) is 0 Å². The van der Waals surface area contributed by atoms with Crippen LogP contribution in [0.3, 0.4) is 0 Å². The minimum atomic E-state index is -0.103. The number of amides is 1. The number of hydrogen-bond acceptors (Lipinski definition) is 7. The summed E-state index contributed by atoms with van der Waals surface area (Å²) in [6.07, 6.45) is 0. The molecular formula is C25H28N6O2S. The second-order valence-corrected chi connectivity index (χ2v) is 9.87. The minimum absolute atomic E-state index is 0.0940. The first kappa shape index (κ1) is 23.7. The van der Waals surface area contributed by atoms with Crippen molar-refractivity contribution in [2.24, 2.45) is 0 Å². The van der Waals surface area contributed by atoms with Crippen molar-refractivity contribution < 1.29 is 9.21 Å². The van der Waals surface area contributed by atoms with Gasteiger partial charge in [-0.3, -0.25) is 4.79 Å². The normalized spacial score (nSPS) is 11.6. The Kier molecular flexibility index (Phi) is 6.83. The summed E-state index contributed by atoms with van der Waals surface area (Å²) in [5, 5.41) is 20.7. The lowest BCUT2D eigenvalue weighted by Gasteiger charge is -2.18. The molecule has 0 aliphatic carbocycles. The topological polar surface area (TPSA) is 98.7 Å². The first-order chi connectivity index (χ1) is 16.2. The van der Waals surface area contributed by atoms with Gasteiger partial charge < -0.3 is 14.3 Å². The van der Waals surface area contributed by atoms with E-state index < -0.39 is 0 Å². The van der Waals surface area contributed by atoms with Crippen molar-refractivity contribution in [3.63, 3.8) is 0 Å². The van der Waals surface area contributed by atoms with Gasteiger partial charge in [0.05, 0.1) is 5.75 Å². The Hall–Kier alpha value is -3.46. The predicted molar refractivity (Wildman–Crippen MR) is 133 cm³/mol. The number of anilines is 1. The average molecular weight is 477 g/mol. The molecule has 0 unspecified atom stereocenters. The number of nitrogens with zero attached hydrogens (tertiary/aromatic N) is 5. The molecule has 8 nitrogen and oxygen atoms in total. The number of carbonyl (C=O) groups excluding carboxylic acids is 1. The van der Waals surface area contributed by atoms with Gasteiger partial charge in [0.1, 0.15) is 0 Å². The Morgan fingerprint density at radius 2 is 1.65 bits per heavy atom. The van der Waals surface area contributed by atoms with E-state index in [1.165, 1.54) is 24.2 Å². The number of hydrogen-bond donors (Lipinski definition) is 1. The molecule has 9 heteroatoms. The van der Waals surface area contributed by atoms with Gasteiger partial charge in [0.25, 0.3) is 0 Å². The summed E-state index contributed by atoms with van der Waals surface area (Å²) in [6, 6.07) is 15.8. The van der Waals surface area contributed by atoms with Crippen molar-refractivity contribution in [3.8, 4) is 22.8 Å². The summed E-state index contributed by atoms with van der Waals surface area (Å²) in [5.41, 5.74) is 3.92. The molecule has 0 bridgehead atoms. The van der Waals surface area contributed by atoms with Crippen LogP contribution in [0.4, 0.5) is 5.69 Å². The lowest BCUT2D eigenvalue weighted by Crippen LogP contribution is -2.10. The zero-order valence-corrected chi connectivity index (χ0v) is 20.8. The highest BCUT2D eigenvalue weighted by Gasteiger charge is 2.17. The van der Waals surface area contributed by atoms with Crippen molar-refractivity contribution >= 4 is 23.4 Å². The molecule has 0 spiro atoms. The fraction of sp³-hybridized carbons (Fsp3) is 0.320. The van der Waals surface area contributed by atoms with Gasteiger partial charge in [-0.15, -0.1) is 20.4 Å². The van der Waals surface area contributed by atoms with Gasteiger partial charge in [-0.1, -0.05) is 44.7 Å². The van der Waals surface area contributed by atoms with Crippen LogP contribution in [-0.4, -0.2) is 30.9 Å². The van der Waals surface area contributed by atoms with Crippen molar-refractivity contribution in [1.29, 1.82) is 0 Å². The van der Waals surface area contributed by atoms with Crippen LogP contribution in [0.2, 0.25) is 0 Å². The maximum absolute atomic E-state index is 11.2. The fourth-order valence-electron chi connectivity index (χ4n) is 3.47. The van der Waals surface area contributed by atoms with Gasteiger partial charge in [0, 0.05) is 30.3 Å². The van der Waals surface area contributed by atoms with Gasteiger partial charge in [0.2, 0.25) is 17.7 Å². The second-order valence-electron chi connectivity index (χ2n) is 8.93. The molecule has 34 heavy (non-hydrogen) atoms. The van der Waals surface area contributed by atoms with Gasteiger partial charge in [-0.2, -0.15) is 0 Å². The Labute approximate surface area is 203 Å². The number of rotatable bonds is 7. The van der Waals surface area contributed by atoms with E-state index >= 15 is 0 Å². The average Bonchev–Trinajstić information content (AvgIpc) is 3.44. The molecule has 4 rings (SSSR count). The fourth-order valence-corrected chi connectivity index (χ4v) is 4.31. The molecule has 1 amide bonds. The van der Waals surface area contributed by atoms with Crippen LogP contribution in [-0.2, 0) is 22.5 Å². The first-order valence-corrected chi connectivity index (χ1v) is 12.1. The molecule has 2 aromatic heterocycles. The molecule has 176 valence electrons. The summed E-state index contributed by atoms with van der Waals surface area (Å²) in [6.45, 7) is 10.8. The summed E-state index contributed by atoms with van der Waals surface area (Å²) >= 11 is 1.50. The summed E-state index contributed by atoms with van der Waals surface area (Å²) < 4.78 is 7.93. The Morgan fingerprint density at radius 1 is 0.971 bits per heavy atom. The van der Waals surface area contributed by atoms with E-state index in [-0.39, 0.29) is 11.3 Å². The van der Waals surface area contributed by atoms with Crippen LogP contribution in [0.5, 0.6) is 0 Å². The molecular weight excluding hydrogens is 448 g/mol. The molecule has 0 atom stereocenters. The van der Waals surface area contributed by atoms with E-state index in [9.17, 15) is 4.79 Å². The lowest BCUT2D eigenvalue weighted by molar-refractivity contribution is -0.114. The van der Waals surface area contributed by atoms with Crippen molar-refractivity contribution in [3.05, 3.63) is 60.0 Å². The number of benzene rings is 2. The van der Waals surface area contributed by atoms with E-state index in [4.69, 9.17) is 4.42 Å². The van der Waals surface area contributed by atoms with Crippen molar-refractivity contribution in [1.82, 2.24) is 25.0 Å². The summed E-state index contributed by atoms with van der Waals surface area (Å²) in [5.74, 6) is 2.20. The van der Waals surface area contributed by atoms with Gasteiger partial charge in [0.15, 0.2) is 11.0 Å². The third-order valence-electron chi connectivity index (χ3n) is 5.29. The highest BCUT2D eigenvalue weighted by atomic mass is 32.2. The number of aromatic nitrogens is 5. The summed E-state index contributed by atoms with van der Waals surface area (Å²) in [4.78, 5) is 11.2. The van der Waals surface area contributed by atoms with Crippen LogP contribution in [0.25, 0.3) is 22.8 Å². The van der Waals surface area contributed by atoms with Crippen LogP contribution >= 0.6 is 11.8 Å². The molecule has 0 radical (unpaired) electrons. The smallest absolute Gasteiger partial charge is 0.247 e. The van der Waals surface area contributed by atoms with E-state index in [2.05, 4.69) is 65.5 Å². The third-order valence-corrected chi connectivity index (χ3v) is 6.24. The number of carbonyl (C=O) groups is 1. The lowest BCUT2D eigenvalue weighted by atomic mass is 9.87.